The summed E-state index contributed by atoms with van der Waals surface area (Å²) in [6, 6.07) is 5.58. The van der Waals surface area contributed by atoms with E-state index in [1.165, 1.54) is 23.1 Å². The average molecular weight is 519 g/mol. The summed E-state index contributed by atoms with van der Waals surface area (Å²) in [6.07, 6.45) is 7.63. The molecule has 180 valence electrons. The highest BCUT2D eigenvalue weighted by atomic mass is 32.2. The summed E-state index contributed by atoms with van der Waals surface area (Å²) in [6.45, 7) is 2.89. The fraction of sp³-hybridized carbons (Fsp3) is 0.435. The molecule has 0 aliphatic carbocycles. The zero-order valence-corrected chi connectivity index (χ0v) is 21.3. The van der Waals surface area contributed by atoms with Crippen molar-refractivity contribution < 1.29 is 19.1 Å². The Morgan fingerprint density at radius 1 is 1.21 bits per heavy atom. The first-order chi connectivity index (χ1) is 16.5. The Balaban J connectivity index is 1.18. The molecule has 1 N–H and O–H groups in total. The van der Waals surface area contributed by atoms with Crippen molar-refractivity contribution in [3.8, 4) is 11.5 Å². The molecule has 1 aromatic heterocycles. The molecule has 1 fully saturated rings. The second kappa shape index (κ2) is 11.8. The highest BCUT2D eigenvalue weighted by Gasteiger charge is 2.31. The van der Waals surface area contributed by atoms with Gasteiger partial charge in [0.05, 0.1) is 4.91 Å². The van der Waals surface area contributed by atoms with Gasteiger partial charge >= 0.3 is 0 Å². The number of ether oxygens (including phenoxy) is 2. The maximum absolute atomic E-state index is 12.8. The third-order valence-electron chi connectivity index (χ3n) is 5.31. The van der Waals surface area contributed by atoms with Crippen LogP contribution in [0.1, 0.15) is 56.0 Å². The summed E-state index contributed by atoms with van der Waals surface area (Å²) in [5.41, 5.74) is 0.865. The Morgan fingerprint density at radius 2 is 2.06 bits per heavy atom. The number of hydrogen-bond donors (Lipinski definition) is 1. The number of unbranched alkanes of at least 4 members (excludes halogenated alkanes) is 3. The Labute approximate surface area is 212 Å². The Bertz CT molecular complexity index is 1100. The maximum Gasteiger partial charge on any atom is 0.266 e. The molecule has 0 atom stereocenters. The van der Waals surface area contributed by atoms with Crippen LogP contribution in [0.25, 0.3) is 6.08 Å². The molecular weight excluding hydrogens is 492 g/mol. The lowest BCUT2D eigenvalue weighted by molar-refractivity contribution is -0.122. The highest BCUT2D eigenvalue weighted by Crippen LogP contribution is 2.36. The quantitative estimate of drug-likeness (QED) is 0.252. The zero-order valence-electron chi connectivity index (χ0n) is 18.9. The minimum atomic E-state index is -0.0828. The van der Waals surface area contributed by atoms with Crippen molar-refractivity contribution in [3.63, 3.8) is 0 Å². The number of aromatic nitrogens is 2. The largest absolute Gasteiger partial charge is 0.454 e. The lowest BCUT2D eigenvalue weighted by Crippen LogP contribution is -2.29. The first-order valence-electron chi connectivity index (χ1n) is 11.3. The summed E-state index contributed by atoms with van der Waals surface area (Å²) in [4.78, 5) is 27.2. The molecule has 8 nitrogen and oxygen atoms in total. The minimum Gasteiger partial charge on any atom is -0.454 e. The van der Waals surface area contributed by atoms with Crippen LogP contribution in [-0.2, 0) is 16.0 Å². The van der Waals surface area contributed by atoms with Crippen LogP contribution >= 0.6 is 35.3 Å². The van der Waals surface area contributed by atoms with E-state index in [1.54, 1.807) is 4.90 Å². The molecule has 0 spiro atoms. The Morgan fingerprint density at radius 3 is 2.91 bits per heavy atom. The van der Waals surface area contributed by atoms with Gasteiger partial charge in [-0.05, 0) is 43.0 Å². The minimum absolute atomic E-state index is 0.0598. The molecule has 2 aliphatic heterocycles. The van der Waals surface area contributed by atoms with Crippen LogP contribution in [0.5, 0.6) is 11.5 Å². The van der Waals surface area contributed by atoms with E-state index < -0.39 is 0 Å². The molecule has 2 amide bonds. The molecule has 0 saturated carbocycles. The molecule has 11 heteroatoms. The van der Waals surface area contributed by atoms with Crippen molar-refractivity contribution in [1.29, 1.82) is 0 Å². The molecular formula is C23H26N4O4S3. The number of rotatable bonds is 11. The van der Waals surface area contributed by atoms with Gasteiger partial charge in [0.2, 0.25) is 17.8 Å². The van der Waals surface area contributed by atoms with E-state index in [-0.39, 0.29) is 18.6 Å². The number of nitrogens with zero attached hydrogens (tertiary/aromatic N) is 3. The molecule has 0 radical (unpaired) electrons. The van der Waals surface area contributed by atoms with Gasteiger partial charge in [-0.15, -0.1) is 10.2 Å². The predicted octanol–water partition coefficient (Wildman–Crippen LogP) is 5.01. The van der Waals surface area contributed by atoms with Crippen molar-refractivity contribution in [3.05, 3.63) is 33.7 Å². The van der Waals surface area contributed by atoms with Gasteiger partial charge in [0.25, 0.3) is 5.91 Å². The Kier molecular flexibility index (Phi) is 8.52. The third-order valence-corrected chi connectivity index (χ3v) is 7.59. The molecule has 0 unspecified atom stereocenters. The van der Waals surface area contributed by atoms with E-state index in [2.05, 4.69) is 22.4 Å². The van der Waals surface area contributed by atoms with E-state index in [0.717, 1.165) is 49.1 Å². The number of amides is 2. The van der Waals surface area contributed by atoms with Gasteiger partial charge < -0.3 is 14.8 Å². The number of anilines is 1. The van der Waals surface area contributed by atoms with E-state index in [1.807, 2.05) is 24.3 Å². The van der Waals surface area contributed by atoms with Gasteiger partial charge in [-0.2, -0.15) is 0 Å². The normalized spacial score (nSPS) is 16.0. The lowest BCUT2D eigenvalue weighted by atomic mass is 10.1. The molecule has 1 aromatic carbocycles. The summed E-state index contributed by atoms with van der Waals surface area (Å²) in [5, 5.41) is 12.5. The molecule has 1 saturated heterocycles. The standard InChI is InChI=1S/C23H26N4O4S3/c1-2-3-8-20-25-26-22(34-20)24-19(28)7-5-4-6-11-27-21(29)18(33-23(27)32)13-15-9-10-16-17(12-15)31-14-30-16/h9-10,12-13H,2-8,11,14H2,1H3,(H,24,26,28)/b18-13-. The van der Waals surface area contributed by atoms with Crippen LogP contribution in [0.2, 0.25) is 0 Å². The molecule has 2 aliphatic rings. The number of benzene rings is 1. The van der Waals surface area contributed by atoms with Crippen molar-refractivity contribution in [2.75, 3.05) is 18.7 Å². The van der Waals surface area contributed by atoms with Gasteiger partial charge in [-0.25, -0.2) is 0 Å². The maximum atomic E-state index is 12.8. The molecule has 34 heavy (non-hydrogen) atoms. The fourth-order valence-electron chi connectivity index (χ4n) is 3.49. The topological polar surface area (TPSA) is 93.7 Å². The van der Waals surface area contributed by atoms with Gasteiger partial charge in [-0.3, -0.25) is 14.5 Å². The number of carbonyl (C=O) groups excluding carboxylic acids is 2. The van der Waals surface area contributed by atoms with Crippen LogP contribution < -0.4 is 14.8 Å². The number of thiocarbonyl (C=S) groups is 1. The van der Waals surface area contributed by atoms with E-state index in [0.29, 0.717) is 38.8 Å². The van der Waals surface area contributed by atoms with Crippen LogP contribution in [0.15, 0.2) is 23.1 Å². The van der Waals surface area contributed by atoms with Crippen LogP contribution in [-0.4, -0.2) is 44.6 Å². The van der Waals surface area contributed by atoms with Crippen LogP contribution in [0.3, 0.4) is 0 Å². The number of nitrogens with one attached hydrogen (secondary N) is 1. The summed E-state index contributed by atoms with van der Waals surface area (Å²) >= 11 is 8.16. The Hall–Kier alpha value is -2.50. The van der Waals surface area contributed by atoms with Crippen LogP contribution in [0.4, 0.5) is 5.13 Å². The number of aryl methyl sites for hydroxylation is 1. The third kappa shape index (κ3) is 6.34. The van der Waals surface area contributed by atoms with Gasteiger partial charge in [0.15, 0.2) is 11.5 Å². The summed E-state index contributed by atoms with van der Waals surface area (Å²) < 4.78 is 11.3. The summed E-state index contributed by atoms with van der Waals surface area (Å²) in [5.74, 6) is 1.24. The van der Waals surface area contributed by atoms with Crippen molar-refractivity contribution in [1.82, 2.24) is 15.1 Å². The van der Waals surface area contributed by atoms with Crippen molar-refractivity contribution in [2.45, 2.75) is 51.9 Å². The predicted molar refractivity (Wildman–Crippen MR) is 138 cm³/mol. The molecule has 0 bridgehead atoms. The number of hydrogen-bond acceptors (Lipinski definition) is 9. The average Bonchev–Trinajstić information content (AvgIpc) is 3.53. The summed E-state index contributed by atoms with van der Waals surface area (Å²) in [7, 11) is 0. The second-order valence-electron chi connectivity index (χ2n) is 7.91. The molecule has 4 rings (SSSR count). The van der Waals surface area contributed by atoms with E-state index in [9.17, 15) is 9.59 Å². The van der Waals surface area contributed by atoms with Gasteiger partial charge in [0.1, 0.15) is 9.33 Å². The van der Waals surface area contributed by atoms with Gasteiger partial charge in [0, 0.05) is 19.4 Å². The monoisotopic (exact) mass is 518 g/mol. The smallest absolute Gasteiger partial charge is 0.266 e. The first kappa shape index (κ1) is 24.6. The first-order valence-corrected chi connectivity index (χ1v) is 13.3. The second-order valence-corrected chi connectivity index (χ2v) is 10.6. The van der Waals surface area contributed by atoms with E-state index in [4.69, 9.17) is 21.7 Å². The van der Waals surface area contributed by atoms with Crippen LogP contribution in [0, 0.1) is 0 Å². The highest BCUT2D eigenvalue weighted by molar-refractivity contribution is 8.26. The fourth-order valence-corrected chi connectivity index (χ4v) is 5.60. The van der Waals surface area contributed by atoms with E-state index >= 15 is 0 Å². The SMILES string of the molecule is CCCCc1nnc(NC(=O)CCCCCN2C(=O)/C(=C/c3ccc4c(c3)OCO4)SC2=S)s1. The number of thioether (sulfide) groups is 1. The lowest BCUT2D eigenvalue weighted by Gasteiger charge is -2.14. The number of fused-ring (bicyclic) bond motifs is 1. The van der Waals surface area contributed by atoms with Crippen molar-refractivity contribution in [2.24, 2.45) is 0 Å². The number of carbonyl (C=O) groups is 2. The molecule has 3 heterocycles. The molecule has 2 aromatic rings. The zero-order chi connectivity index (χ0) is 23.9. The van der Waals surface area contributed by atoms with Gasteiger partial charge in [-0.1, -0.05) is 61.1 Å². The van der Waals surface area contributed by atoms with Crippen molar-refractivity contribution >= 4 is 62.7 Å².